The maximum Gasteiger partial charge on any atom is 0.392 e. The van der Waals surface area contributed by atoms with E-state index in [0.29, 0.717) is 34.1 Å². The van der Waals surface area contributed by atoms with Crippen LogP contribution in [-0.4, -0.2) is 6.18 Å². The van der Waals surface area contributed by atoms with Crippen LogP contribution in [0.1, 0.15) is 42.0 Å². The number of hydrogen-bond acceptors (Lipinski definition) is 1. The summed E-state index contributed by atoms with van der Waals surface area (Å²) in [4.78, 5) is 0. The van der Waals surface area contributed by atoms with Crippen LogP contribution in [0, 0.1) is 18.6 Å². The molecule has 0 amide bonds. The van der Waals surface area contributed by atoms with Gasteiger partial charge in [0.2, 0.25) is 0 Å². The van der Waals surface area contributed by atoms with E-state index in [-0.39, 0.29) is 16.8 Å². The second-order valence-corrected chi connectivity index (χ2v) is 7.88. The van der Waals surface area contributed by atoms with Crippen LogP contribution in [-0.2, 0) is 6.42 Å². The van der Waals surface area contributed by atoms with Gasteiger partial charge in [0, 0.05) is 21.6 Å². The molecule has 0 aromatic heterocycles. The molecule has 0 atom stereocenters. The summed E-state index contributed by atoms with van der Waals surface area (Å²) in [7, 11) is 0. The molecule has 0 unspecified atom stereocenters. The van der Waals surface area contributed by atoms with Gasteiger partial charge in [-0.2, -0.15) is 13.2 Å². The van der Waals surface area contributed by atoms with Gasteiger partial charge in [-0.15, -0.1) is 0 Å². The predicted molar refractivity (Wildman–Crippen MR) is 114 cm³/mol. The van der Waals surface area contributed by atoms with E-state index in [9.17, 15) is 22.0 Å². The lowest BCUT2D eigenvalue weighted by Gasteiger charge is -2.23. The summed E-state index contributed by atoms with van der Waals surface area (Å²) in [6.07, 6.45) is -3.64. The van der Waals surface area contributed by atoms with Gasteiger partial charge in [0.25, 0.3) is 0 Å². The molecule has 0 N–H and O–H groups in total. The Morgan fingerprint density at radius 1 is 0.906 bits per heavy atom. The second kappa shape index (κ2) is 8.41. The zero-order chi connectivity index (χ0) is 23.0. The molecular formula is C26H21F5O. The normalized spacial score (nSPS) is 13.6. The first kappa shape index (κ1) is 22.1. The van der Waals surface area contributed by atoms with Crippen molar-refractivity contribution >= 4 is 11.6 Å². The van der Waals surface area contributed by atoms with Crippen molar-refractivity contribution in [2.45, 2.75) is 39.3 Å². The fourth-order valence-electron chi connectivity index (χ4n) is 3.97. The van der Waals surface area contributed by atoms with Crippen molar-refractivity contribution in [3.8, 4) is 11.5 Å². The molecule has 6 heteroatoms. The quantitative estimate of drug-likeness (QED) is 0.335. The van der Waals surface area contributed by atoms with E-state index < -0.39 is 18.4 Å². The van der Waals surface area contributed by atoms with Crippen LogP contribution < -0.4 is 15.2 Å². The van der Waals surface area contributed by atoms with Gasteiger partial charge in [0.1, 0.15) is 23.1 Å². The number of alkyl halides is 3. The molecule has 1 nitrogen and oxygen atoms in total. The van der Waals surface area contributed by atoms with E-state index in [2.05, 4.69) is 0 Å². The molecule has 3 aromatic carbocycles. The topological polar surface area (TPSA) is 9.23 Å². The largest absolute Gasteiger partial charge is 0.456 e. The Labute approximate surface area is 182 Å². The van der Waals surface area contributed by atoms with Crippen LogP contribution in [0.15, 0.2) is 48.5 Å². The third-order valence-electron chi connectivity index (χ3n) is 5.49. The summed E-state index contributed by atoms with van der Waals surface area (Å²) in [6.45, 7) is 3.83. The number of halogens is 5. The predicted octanol–water partition coefficient (Wildman–Crippen LogP) is 6.31. The first-order chi connectivity index (χ1) is 15.2. The Kier molecular flexibility index (Phi) is 5.80. The Morgan fingerprint density at radius 2 is 1.66 bits per heavy atom. The third-order valence-corrected chi connectivity index (χ3v) is 5.49. The van der Waals surface area contributed by atoms with Gasteiger partial charge in [-0.3, -0.25) is 0 Å². The summed E-state index contributed by atoms with van der Waals surface area (Å²) in [5.74, 6) is -0.540. The molecule has 0 spiro atoms. The van der Waals surface area contributed by atoms with Gasteiger partial charge >= 0.3 is 6.18 Å². The summed E-state index contributed by atoms with van der Waals surface area (Å²) in [5.41, 5.74) is 3.22. The molecule has 0 radical (unpaired) electrons. The molecule has 4 rings (SSSR count). The Balaban J connectivity index is 2.04. The molecule has 0 saturated heterocycles. The Morgan fingerprint density at radius 3 is 2.34 bits per heavy atom. The highest BCUT2D eigenvalue weighted by Gasteiger charge is 2.26. The first-order valence-electron chi connectivity index (χ1n) is 10.4. The van der Waals surface area contributed by atoms with E-state index in [1.165, 1.54) is 18.2 Å². The molecule has 1 heterocycles. The maximum absolute atomic E-state index is 14.8. The molecule has 0 aliphatic carbocycles. The van der Waals surface area contributed by atoms with Crippen molar-refractivity contribution in [2.75, 3.05) is 0 Å². The molecule has 1 aliphatic heterocycles. The van der Waals surface area contributed by atoms with Crippen molar-refractivity contribution < 1.29 is 26.7 Å². The van der Waals surface area contributed by atoms with Gasteiger partial charge in [-0.05, 0) is 54.3 Å². The van der Waals surface area contributed by atoms with E-state index in [4.69, 9.17) is 4.74 Å². The highest BCUT2D eigenvalue weighted by molar-refractivity contribution is 5.86. The minimum absolute atomic E-state index is 0.190. The van der Waals surface area contributed by atoms with E-state index in [1.54, 1.807) is 6.07 Å². The first-order valence-corrected chi connectivity index (χ1v) is 10.4. The van der Waals surface area contributed by atoms with Crippen LogP contribution in [0.2, 0.25) is 0 Å². The van der Waals surface area contributed by atoms with Crippen LogP contribution in [0.25, 0.3) is 11.6 Å². The Hall–Kier alpha value is -3.15. The van der Waals surface area contributed by atoms with Gasteiger partial charge in [-0.25, -0.2) is 8.78 Å². The molecule has 0 saturated carbocycles. The molecule has 0 fully saturated rings. The standard InChI is InChI=1S/C26H21F5O/c1-3-6-16-11-23-19(13-21(16)27)25(18-8-5-4-7-15(18)2)20-14-22(28)17(12-24(20)32-23)9-10-26(29,30)31/h4-5,7-9,11-14H,3,6,10H2,1-2H3/b17-9-. The van der Waals surface area contributed by atoms with Crippen LogP contribution in [0.3, 0.4) is 0 Å². The third kappa shape index (κ3) is 4.27. The second-order valence-electron chi connectivity index (χ2n) is 7.88. The Bertz CT molecular complexity index is 1310. The fourth-order valence-corrected chi connectivity index (χ4v) is 3.97. The lowest BCUT2D eigenvalue weighted by atomic mass is 9.89. The van der Waals surface area contributed by atoms with Crippen LogP contribution in [0.5, 0.6) is 11.5 Å². The number of benzene rings is 3. The van der Waals surface area contributed by atoms with Crippen molar-refractivity contribution in [1.82, 2.24) is 0 Å². The lowest BCUT2D eigenvalue weighted by molar-refractivity contribution is -0.122. The summed E-state index contributed by atoms with van der Waals surface area (Å²) in [6, 6.07) is 12.9. The van der Waals surface area contributed by atoms with E-state index in [0.717, 1.165) is 23.6 Å². The van der Waals surface area contributed by atoms with E-state index in [1.807, 2.05) is 38.1 Å². The molecule has 0 bridgehead atoms. The van der Waals surface area contributed by atoms with E-state index >= 15 is 0 Å². The SMILES string of the molecule is CCCc1cc2c(cc1F)C(c1ccccc1C)=c1cc(F)/c(=C\CC(F)(F)F)cc1O2. The number of hydrogen-bond donors (Lipinski definition) is 0. The number of rotatable bonds is 4. The summed E-state index contributed by atoms with van der Waals surface area (Å²) < 4.78 is 73.6. The zero-order valence-electron chi connectivity index (χ0n) is 17.6. The van der Waals surface area contributed by atoms with Crippen molar-refractivity contribution in [1.29, 1.82) is 0 Å². The van der Waals surface area contributed by atoms with Gasteiger partial charge < -0.3 is 4.74 Å². The number of ether oxygens (including phenoxy) is 1. The van der Waals surface area contributed by atoms with Crippen LogP contribution in [0.4, 0.5) is 22.0 Å². The molecular weight excluding hydrogens is 423 g/mol. The molecule has 32 heavy (non-hydrogen) atoms. The maximum atomic E-state index is 14.8. The number of fused-ring (bicyclic) bond motifs is 2. The van der Waals surface area contributed by atoms with Crippen LogP contribution >= 0.6 is 0 Å². The zero-order valence-corrected chi connectivity index (χ0v) is 17.6. The van der Waals surface area contributed by atoms with Gasteiger partial charge in [-0.1, -0.05) is 43.7 Å². The van der Waals surface area contributed by atoms with Gasteiger partial charge in [0.15, 0.2) is 0 Å². The van der Waals surface area contributed by atoms with Crippen molar-refractivity contribution in [3.05, 3.63) is 92.9 Å². The van der Waals surface area contributed by atoms with Gasteiger partial charge in [0.05, 0.1) is 6.42 Å². The fraction of sp³-hybridized carbons (Fsp3) is 0.231. The van der Waals surface area contributed by atoms with Crippen molar-refractivity contribution in [3.63, 3.8) is 0 Å². The smallest absolute Gasteiger partial charge is 0.392 e. The summed E-state index contributed by atoms with van der Waals surface area (Å²) >= 11 is 0. The monoisotopic (exact) mass is 444 g/mol. The number of aryl methyl sites for hydroxylation is 2. The van der Waals surface area contributed by atoms with Crippen molar-refractivity contribution in [2.24, 2.45) is 0 Å². The average Bonchev–Trinajstić information content (AvgIpc) is 2.72. The average molecular weight is 444 g/mol. The highest BCUT2D eigenvalue weighted by atomic mass is 19.4. The molecule has 1 aliphatic rings. The summed E-state index contributed by atoms with van der Waals surface area (Å²) in [5, 5.41) is 0.181. The highest BCUT2D eigenvalue weighted by Crippen LogP contribution is 2.38. The minimum Gasteiger partial charge on any atom is -0.456 e. The molecule has 3 aromatic rings. The lowest BCUT2D eigenvalue weighted by Crippen LogP contribution is -2.23. The molecule has 166 valence electrons. The minimum atomic E-state index is -4.44.